The van der Waals surface area contributed by atoms with Gasteiger partial charge in [-0.3, -0.25) is 9.59 Å². The first-order valence-corrected chi connectivity index (χ1v) is 9.88. The van der Waals surface area contributed by atoms with Crippen molar-refractivity contribution in [2.45, 2.75) is 31.3 Å². The molecule has 2 rings (SSSR count). The molecule has 1 heterocycles. The molecular weight excluding hydrogens is 346 g/mol. The second-order valence-electron chi connectivity index (χ2n) is 5.97. The maximum absolute atomic E-state index is 12.8. The van der Waals surface area contributed by atoms with Crippen molar-refractivity contribution in [2.24, 2.45) is 5.73 Å². The molecule has 2 amide bonds. The number of likely N-dealkylation sites (tertiary alicyclic amines) is 1. The van der Waals surface area contributed by atoms with E-state index in [2.05, 4.69) is 5.32 Å². The molecule has 1 aliphatic heterocycles. The summed E-state index contributed by atoms with van der Waals surface area (Å²) in [5.74, 6) is 0.417. The standard InChI is InChI=1S/C17H24ClN3O2S/c1-24-10-8-15(17(23)21-9-4-5-12(19)11-21)20-16(22)13-6-2-3-7-14(13)18/h2-3,6-7,12,15H,4-5,8-11,19H2,1H3,(H,20,22). The van der Waals surface area contributed by atoms with E-state index in [4.69, 9.17) is 17.3 Å². The minimum Gasteiger partial charge on any atom is -0.340 e. The van der Waals surface area contributed by atoms with E-state index in [1.807, 2.05) is 6.26 Å². The Morgan fingerprint density at radius 3 is 2.88 bits per heavy atom. The Labute approximate surface area is 152 Å². The summed E-state index contributed by atoms with van der Waals surface area (Å²) in [4.78, 5) is 27.1. The Bertz CT molecular complexity index is 585. The number of thioether (sulfide) groups is 1. The zero-order chi connectivity index (χ0) is 17.5. The van der Waals surface area contributed by atoms with Crippen LogP contribution in [0.25, 0.3) is 0 Å². The molecule has 2 unspecified atom stereocenters. The van der Waals surface area contributed by atoms with E-state index < -0.39 is 6.04 Å². The third kappa shape index (κ3) is 5.13. The Morgan fingerprint density at radius 1 is 1.46 bits per heavy atom. The molecule has 1 fully saturated rings. The van der Waals surface area contributed by atoms with Crippen molar-refractivity contribution in [3.05, 3.63) is 34.9 Å². The van der Waals surface area contributed by atoms with Gasteiger partial charge >= 0.3 is 0 Å². The van der Waals surface area contributed by atoms with Crippen LogP contribution in [0.5, 0.6) is 0 Å². The Hall–Kier alpha value is -1.24. The molecule has 1 aromatic carbocycles. The summed E-state index contributed by atoms with van der Waals surface area (Å²) in [5.41, 5.74) is 6.36. The molecule has 7 heteroatoms. The van der Waals surface area contributed by atoms with Crippen molar-refractivity contribution < 1.29 is 9.59 Å². The van der Waals surface area contributed by atoms with Crippen molar-refractivity contribution in [2.75, 3.05) is 25.1 Å². The first-order valence-electron chi connectivity index (χ1n) is 8.11. The van der Waals surface area contributed by atoms with Crippen LogP contribution >= 0.6 is 23.4 Å². The van der Waals surface area contributed by atoms with Gasteiger partial charge in [0.15, 0.2) is 0 Å². The summed E-state index contributed by atoms with van der Waals surface area (Å²) < 4.78 is 0. The van der Waals surface area contributed by atoms with E-state index in [1.54, 1.807) is 40.9 Å². The monoisotopic (exact) mass is 369 g/mol. The van der Waals surface area contributed by atoms with Gasteiger partial charge in [0.1, 0.15) is 6.04 Å². The molecule has 1 saturated heterocycles. The number of rotatable bonds is 6. The van der Waals surface area contributed by atoms with E-state index in [-0.39, 0.29) is 17.9 Å². The molecule has 0 aliphatic carbocycles. The van der Waals surface area contributed by atoms with Gasteiger partial charge in [-0.2, -0.15) is 11.8 Å². The Morgan fingerprint density at radius 2 is 2.21 bits per heavy atom. The first kappa shape index (κ1) is 19.1. The molecule has 0 saturated carbocycles. The lowest BCUT2D eigenvalue weighted by molar-refractivity contribution is -0.134. The number of hydrogen-bond acceptors (Lipinski definition) is 4. The smallest absolute Gasteiger partial charge is 0.253 e. The molecule has 1 aromatic rings. The van der Waals surface area contributed by atoms with E-state index in [1.165, 1.54) is 0 Å². The van der Waals surface area contributed by atoms with Crippen molar-refractivity contribution in [3.8, 4) is 0 Å². The van der Waals surface area contributed by atoms with Crippen LogP contribution in [-0.2, 0) is 4.79 Å². The van der Waals surface area contributed by atoms with Crippen LogP contribution in [-0.4, -0.2) is 53.9 Å². The highest BCUT2D eigenvalue weighted by Gasteiger charge is 2.29. The molecule has 1 aliphatic rings. The maximum atomic E-state index is 12.8. The zero-order valence-corrected chi connectivity index (χ0v) is 15.4. The average Bonchev–Trinajstić information content (AvgIpc) is 2.58. The maximum Gasteiger partial charge on any atom is 0.253 e. The highest BCUT2D eigenvalue weighted by Crippen LogP contribution is 2.16. The molecule has 24 heavy (non-hydrogen) atoms. The minimum absolute atomic E-state index is 0.0168. The van der Waals surface area contributed by atoms with E-state index >= 15 is 0 Å². The van der Waals surface area contributed by atoms with Gasteiger partial charge < -0.3 is 16.0 Å². The van der Waals surface area contributed by atoms with Crippen LogP contribution < -0.4 is 11.1 Å². The van der Waals surface area contributed by atoms with Crippen LogP contribution in [0.4, 0.5) is 0 Å². The summed E-state index contributed by atoms with van der Waals surface area (Å²) in [6.45, 7) is 1.25. The van der Waals surface area contributed by atoms with Crippen LogP contribution in [0.1, 0.15) is 29.6 Å². The van der Waals surface area contributed by atoms with Crippen molar-refractivity contribution in [1.29, 1.82) is 0 Å². The molecule has 5 nitrogen and oxygen atoms in total. The fraction of sp³-hybridized carbons (Fsp3) is 0.529. The predicted octanol–water partition coefficient (Wildman–Crippen LogP) is 2.14. The number of nitrogens with one attached hydrogen (secondary N) is 1. The lowest BCUT2D eigenvalue weighted by Gasteiger charge is -2.33. The van der Waals surface area contributed by atoms with Gasteiger partial charge in [-0.05, 0) is 43.4 Å². The molecule has 0 radical (unpaired) electrons. The number of nitrogens with two attached hydrogens (primary N) is 1. The first-order chi connectivity index (χ1) is 11.5. The summed E-state index contributed by atoms with van der Waals surface area (Å²) in [5, 5.41) is 3.23. The SMILES string of the molecule is CSCCC(NC(=O)c1ccccc1Cl)C(=O)N1CCCC(N)C1. The molecule has 3 N–H and O–H groups in total. The van der Waals surface area contributed by atoms with E-state index in [0.717, 1.165) is 18.6 Å². The normalized spacial score (nSPS) is 19.0. The number of amides is 2. The average molecular weight is 370 g/mol. The van der Waals surface area contributed by atoms with Gasteiger partial charge in [-0.15, -0.1) is 0 Å². The second kappa shape index (κ2) is 9.30. The van der Waals surface area contributed by atoms with Gasteiger partial charge in [0.05, 0.1) is 10.6 Å². The highest BCUT2D eigenvalue weighted by atomic mass is 35.5. The molecule has 132 valence electrons. The van der Waals surface area contributed by atoms with Crippen molar-refractivity contribution in [1.82, 2.24) is 10.2 Å². The van der Waals surface area contributed by atoms with Gasteiger partial charge in [0, 0.05) is 19.1 Å². The molecule has 0 bridgehead atoms. The van der Waals surface area contributed by atoms with Gasteiger partial charge in [0.2, 0.25) is 5.91 Å². The summed E-state index contributed by atoms with van der Waals surface area (Å²) in [6, 6.07) is 6.31. The summed E-state index contributed by atoms with van der Waals surface area (Å²) in [6.07, 6.45) is 4.40. The molecule has 0 aromatic heterocycles. The summed E-state index contributed by atoms with van der Waals surface area (Å²) >= 11 is 7.73. The van der Waals surface area contributed by atoms with Crippen LogP contribution in [0, 0.1) is 0 Å². The number of hydrogen-bond donors (Lipinski definition) is 2. The van der Waals surface area contributed by atoms with Gasteiger partial charge in [-0.1, -0.05) is 23.7 Å². The largest absolute Gasteiger partial charge is 0.340 e. The van der Waals surface area contributed by atoms with E-state index in [9.17, 15) is 9.59 Å². The fourth-order valence-corrected chi connectivity index (χ4v) is 3.50. The highest BCUT2D eigenvalue weighted by molar-refractivity contribution is 7.98. The van der Waals surface area contributed by atoms with Crippen molar-refractivity contribution >= 4 is 35.2 Å². The minimum atomic E-state index is -0.550. The van der Waals surface area contributed by atoms with Crippen molar-refractivity contribution in [3.63, 3.8) is 0 Å². The predicted molar refractivity (Wildman–Crippen MR) is 99.5 cm³/mol. The molecular formula is C17H24ClN3O2S. The number of carbonyl (C=O) groups excluding carboxylic acids is 2. The zero-order valence-electron chi connectivity index (χ0n) is 13.8. The lowest BCUT2D eigenvalue weighted by Crippen LogP contribution is -2.53. The fourth-order valence-electron chi connectivity index (χ4n) is 2.80. The molecule has 0 spiro atoms. The number of halogens is 1. The van der Waals surface area contributed by atoms with Crippen LogP contribution in [0.2, 0.25) is 5.02 Å². The van der Waals surface area contributed by atoms with E-state index in [0.29, 0.717) is 30.1 Å². The third-order valence-electron chi connectivity index (χ3n) is 4.10. The molecule has 2 atom stereocenters. The Kier molecular flexibility index (Phi) is 7.40. The number of carbonyl (C=O) groups is 2. The quantitative estimate of drug-likeness (QED) is 0.805. The topological polar surface area (TPSA) is 75.4 Å². The van der Waals surface area contributed by atoms with Gasteiger partial charge in [-0.25, -0.2) is 0 Å². The lowest BCUT2D eigenvalue weighted by atomic mass is 10.0. The second-order valence-corrected chi connectivity index (χ2v) is 7.37. The van der Waals surface area contributed by atoms with Gasteiger partial charge in [0.25, 0.3) is 5.91 Å². The Balaban J connectivity index is 2.08. The number of benzene rings is 1. The van der Waals surface area contributed by atoms with Crippen LogP contribution in [0.15, 0.2) is 24.3 Å². The number of nitrogens with zero attached hydrogens (tertiary/aromatic N) is 1. The third-order valence-corrected chi connectivity index (χ3v) is 5.08. The number of piperidine rings is 1. The van der Waals surface area contributed by atoms with Crippen LogP contribution in [0.3, 0.4) is 0 Å². The summed E-state index contributed by atoms with van der Waals surface area (Å²) in [7, 11) is 0.